The van der Waals surface area contributed by atoms with E-state index in [1.54, 1.807) is 0 Å². The van der Waals surface area contributed by atoms with Crippen LogP contribution in [0, 0.1) is 13.8 Å². The maximum atomic E-state index is 11.6. The Kier molecular flexibility index (Phi) is 5.80. The molecule has 1 aromatic heterocycles. The smallest absolute Gasteiger partial charge is 0.220 e. The molecule has 0 radical (unpaired) electrons. The lowest BCUT2D eigenvalue weighted by Crippen LogP contribution is -2.34. The van der Waals surface area contributed by atoms with Gasteiger partial charge in [-0.15, -0.1) is 0 Å². The van der Waals surface area contributed by atoms with Crippen molar-refractivity contribution in [1.82, 2.24) is 10.5 Å². The first-order chi connectivity index (χ1) is 8.54. The van der Waals surface area contributed by atoms with Gasteiger partial charge in [-0.3, -0.25) is 4.79 Å². The van der Waals surface area contributed by atoms with Gasteiger partial charge < -0.3 is 19.7 Å². The van der Waals surface area contributed by atoms with Crippen LogP contribution >= 0.6 is 0 Å². The average molecular weight is 256 g/mol. The number of nitrogens with one attached hydrogen (secondary N) is 1. The lowest BCUT2D eigenvalue weighted by molar-refractivity contribution is -0.121. The molecule has 0 aliphatic carbocycles. The Hall–Kier alpha value is -1.40. The van der Waals surface area contributed by atoms with Crippen LogP contribution in [0.5, 0.6) is 0 Å². The lowest BCUT2D eigenvalue weighted by Gasteiger charge is -2.10. The van der Waals surface area contributed by atoms with Gasteiger partial charge in [0.2, 0.25) is 5.91 Å². The second-order valence-corrected chi connectivity index (χ2v) is 4.22. The fourth-order valence-corrected chi connectivity index (χ4v) is 1.67. The summed E-state index contributed by atoms with van der Waals surface area (Å²) < 4.78 is 9.78. The second kappa shape index (κ2) is 7.13. The van der Waals surface area contributed by atoms with E-state index in [4.69, 9.17) is 9.26 Å². The highest BCUT2D eigenvalue weighted by molar-refractivity contribution is 5.76. The van der Waals surface area contributed by atoms with Gasteiger partial charge in [0.25, 0.3) is 0 Å². The predicted octanol–water partition coefficient (Wildman–Crippen LogP) is 0.348. The van der Waals surface area contributed by atoms with Gasteiger partial charge in [-0.2, -0.15) is 0 Å². The molecule has 1 aromatic rings. The third-order valence-electron chi connectivity index (χ3n) is 2.68. The molecule has 0 saturated heterocycles. The van der Waals surface area contributed by atoms with Crippen molar-refractivity contribution in [3.8, 4) is 0 Å². The third-order valence-corrected chi connectivity index (χ3v) is 2.68. The molecule has 0 saturated carbocycles. The largest absolute Gasteiger partial charge is 0.389 e. The van der Waals surface area contributed by atoms with Gasteiger partial charge in [-0.05, 0) is 20.3 Å². The van der Waals surface area contributed by atoms with Gasteiger partial charge in [-0.25, -0.2) is 0 Å². The first-order valence-electron chi connectivity index (χ1n) is 5.90. The van der Waals surface area contributed by atoms with Crippen molar-refractivity contribution in [2.45, 2.75) is 32.8 Å². The maximum absolute atomic E-state index is 11.6. The standard InChI is InChI=1S/C12H20N2O4/c1-8-11(9(2)18-14-8)4-5-12(16)13-6-10(15)7-17-3/h10,15H,4-7H2,1-3H3,(H,13,16). The number of aliphatic hydroxyl groups excluding tert-OH is 1. The van der Waals surface area contributed by atoms with Gasteiger partial charge >= 0.3 is 0 Å². The summed E-state index contributed by atoms with van der Waals surface area (Å²) in [5.74, 6) is 0.643. The first kappa shape index (κ1) is 14.7. The van der Waals surface area contributed by atoms with Gasteiger partial charge in [0.1, 0.15) is 5.76 Å². The van der Waals surface area contributed by atoms with Crippen LogP contribution in [-0.2, 0) is 16.0 Å². The molecule has 0 bridgehead atoms. The van der Waals surface area contributed by atoms with Crippen molar-refractivity contribution in [3.63, 3.8) is 0 Å². The third kappa shape index (κ3) is 4.46. The summed E-state index contributed by atoms with van der Waals surface area (Å²) in [4.78, 5) is 11.6. The summed E-state index contributed by atoms with van der Waals surface area (Å²) in [6.45, 7) is 4.10. The van der Waals surface area contributed by atoms with Gasteiger partial charge in [0, 0.05) is 25.6 Å². The molecule has 0 aliphatic heterocycles. The Morgan fingerprint density at radius 1 is 1.56 bits per heavy atom. The Bertz CT molecular complexity index is 370. The molecular formula is C12H20N2O4. The molecule has 0 fully saturated rings. The van der Waals surface area contributed by atoms with Crippen LogP contribution in [0.2, 0.25) is 0 Å². The number of nitrogens with zero attached hydrogens (tertiary/aromatic N) is 1. The summed E-state index contributed by atoms with van der Waals surface area (Å²) in [5, 5.41) is 15.9. The Morgan fingerprint density at radius 3 is 2.83 bits per heavy atom. The summed E-state index contributed by atoms with van der Waals surface area (Å²) >= 11 is 0. The minimum atomic E-state index is -0.669. The number of aryl methyl sites for hydroxylation is 2. The molecule has 6 nitrogen and oxygen atoms in total. The van der Waals surface area contributed by atoms with E-state index in [-0.39, 0.29) is 19.1 Å². The summed E-state index contributed by atoms with van der Waals surface area (Å²) in [6.07, 6.45) is 0.272. The SMILES string of the molecule is COCC(O)CNC(=O)CCc1c(C)noc1C. The number of hydrogen-bond donors (Lipinski definition) is 2. The van der Waals surface area contributed by atoms with E-state index < -0.39 is 6.10 Å². The first-order valence-corrected chi connectivity index (χ1v) is 5.90. The monoisotopic (exact) mass is 256 g/mol. The lowest BCUT2D eigenvalue weighted by atomic mass is 10.1. The van der Waals surface area contributed by atoms with Crippen molar-refractivity contribution in [1.29, 1.82) is 0 Å². The molecule has 1 rings (SSSR count). The van der Waals surface area contributed by atoms with E-state index in [1.807, 2.05) is 13.8 Å². The zero-order chi connectivity index (χ0) is 13.5. The Balaban J connectivity index is 2.29. The average Bonchev–Trinajstić information content (AvgIpc) is 2.64. The van der Waals surface area contributed by atoms with Crippen LogP contribution in [0.1, 0.15) is 23.4 Å². The fourth-order valence-electron chi connectivity index (χ4n) is 1.67. The molecule has 102 valence electrons. The normalized spacial score (nSPS) is 12.4. The van der Waals surface area contributed by atoms with E-state index in [0.29, 0.717) is 12.8 Å². The molecule has 2 N–H and O–H groups in total. The van der Waals surface area contributed by atoms with Crippen LogP contribution in [0.15, 0.2) is 4.52 Å². The van der Waals surface area contributed by atoms with Crippen LogP contribution < -0.4 is 5.32 Å². The number of aromatic nitrogens is 1. The number of aliphatic hydroxyl groups is 1. The number of amides is 1. The highest BCUT2D eigenvalue weighted by Crippen LogP contribution is 2.13. The summed E-state index contributed by atoms with van der Waals surface area (Å²) in [6, 6.07) is 0. The molecule has 0 aromatic carbocycles. The van der Waals surface area contributed by atoms with Crippen molar-refractivity contribution in [2.75, 3.05) is 20.3 Å². The number of ether oxygens (including phenoxy) is 1. The van der Waals surface area contributed by atoms with Crippen LogP contribution in [-0.4, -0.2) is 42.5 Å². The predicted molar refractivity (Wildman–Crippen MR) is 65.2 cm³/mol. The molecule has 1 atom stereocenters. The van der Waals surface area contributed by atoms with Gasteiger partial charge in [-0.1, -0.05) is 5.16 Å². The van der Waals surface area contributed by atoms with E-state index in [1.165, 1.54) is 7.11 Å². The zero-order valence-corrected chi connectivity index (χ0v) is 11.0. The second-order valence-electron chi connectivity index (χ2n) is 4.22. The molecule has 1 unspecified atom stereocenters. The number of carbonyl (C=O) groups is 1. The number of hydrogen-bond acceptors (Lipinski definition) is 5. The number of rotatable bonds is 7. The minimum Gasteiger partial charge on any atom is -0.389 e. The number of carbonyl (C=O) groups excluding carboxylic acids is 1. The summed E-state index contributed by atoms with van der Waals surface area (Å²) in [7, 11) is 1.50. The van der Waals surface area contributed by atoms with Crippen molar-refractivity contribution < 1.29 is 19.2 Å². The van der Waals surface area contributed by atoms with Crippen LogP contribution in [0.3, 0.4) is 0 Å². The van der Waals surface area contributed by atoms with E-state index in [9.17, 15) is 9.90 Å². The highest BCUT2D eigenvalue weighted by Gasteiger charge is 2.12. The molecule has 1 heterocycles. The molecule has 0 spiro atoms. The molecule has 1 amide bonds. The van der Waals surface area contributed by atoms with E-state index in [0.717, 1.165) is 17.0 Å². The van der Waals surface area contributed by atoms with Crippen LogP contribution in [0.25, 0.3) is 0 Å². The summed E-state index contributed by atoms with van der Waals surface area (Å²) in [5.41, 5.74) is 1.79. The van der Waals surface area contributed by atoms with Crippen LogP contribution in [0.4, 0.5) is 0 Å². The number of methoxy groups -OCH3 is 1. The van der Waals surface area contributed by atoms with E-state index >= 15 is 0 Å². The molecule has 0 aliphatic rings. The zero-order valence-electron chi connectivity index (χ0n) is 11.0. The Labute approximate surface area is 106 Å². The molecule has 6 heteroatoms. The van der Waals surface area contributed by atoms with Gasteiger partial charge in [0.15, 0.2) is 0 Å². The van der Waals surface area contributed by atoms with Crippen molar-refractivity contribution in [2.24, 2.45) is 0 Å². The molecular weight excluding hydrogens is 236 g/mol. The topological polar surface area (TPSA) is 84.6 Å². The van der Waals surface area contributed by atoms with Crippen molar-refractivity contribution >= 4 is 5.91 Å². The van der Waals surface area contributed by atoms with E-state index in [2.05, 4.69) is 10.5 Å². The quantitative estimate of drug-likeness (QED) is 0.735. The fraction of sp³-hybridized carbons (Fsp3) is 0.667. The maximum Gasteiger partial charge on any atom is 0.220 e. The Morgan fingerprint density at radius 2 is 2.28 bits per heavy atom. The van der Waals surface area contributed by atoms with Crippen molar-refractivity contribution in [3.05, 3.63) is 17.0 Å². The van der Waals surface area contributed by atoms with Gasteiger partial charge in [0.05, 0.1) is 18.4 Å². The molecule has 18 heavy (non-hydrogen) atoms. The highest BCUT2D eigenvalue weighted by atomic mass is 16.5. The minimum absolute atomic E-state index is 0.106.